The Morgan fingerprint density at radius 3 is 2.68 bits per heavy atom. The van der Waals surface area contributed by atoms with Gasteiger partial charge in [-0.25, -0.2) is 0 Å². The van der Waals surface area contributed by atoms with Crippen LogP contribution < -0.4 is 4.90 Å². The number of benzene rings is 1. The maximum atomic E-state index is 11.4. The van der Waals surface area contributed by atoms with E-state index < -0.39 is 5.97 Å². The summed E-state index contributed by atoms with van der Waals surface area (Å²) in [5, 5.41) is 9.38. The molecule has 1 unspecified atom stereocenters. The van der Waals surface area contributed by atoms with Crippen molar-refractivity contribution in [2.24, 2.45) is 5.92 Å². The van der Waals surface area contributed by atoms with Gasteiger partial charge in [0.2, 0.25) is 0 Å². The monoisotopic (exact) mass is 261 g/mol. The fourth-order valence-electron chi connectivity index (χ4n) is 3.30. The molecule has 0 saturated carbocycles. The fourth-order valence-corrected chi connectivity index (χ4v) is 3.30. The Hall–Kier alpha value is -1.51. The number of hydrogen-bond donors (Lipinski definition) is 1. The minimum atomic E-state index is -0.681. The second kappa shape index (κ2) is 4.87. The van der Waals surface area contributed by atoms with Crippen LogP contribution in [-0.2, 0) is 11.2 Å². The predicted octanol–water partition coefficient (Wildman–Crippen LogP) is 3.25. The fraction of sp³-hybridized carbons (Fsp3) is 0.562. The van der Waals surface area contributed by atoms with Gasteiger partial charge in [-0.15, -0.1) is 0 Å². The molecule has 1 atom stereocenters. The molecule has 1 N–H and O–H groups in total. The van der Waals surface area contributed by atoms with Gasteiger partial charge in [0, 0.05) is 17.8 Å². The van der Waals surface area contributed by atoms with Crippen LogP contribution in [0.25, 0.3) is 0 Å². The summed E-state index contributed by atoms with van der Waals surface area (Å²) in [5.74, 6) is -0.976. The van der Waals surface area contributed by atoms with Crippen LogP contribution in [0, 0.1) is 12.8 Å². The zero-order valence-electron chi connectivity index (χ0n) is 12.2. The highest BCUT2D eigenvalue weighted by molar-refractivity contribution is 5.75. The minimum Gasteiger partial charge on any atom is -0.481 e. The van der Waals surface area contributed by atoms with Gasteiger partial charge in [0.05, 0.1) is 5.92 Å². The number of carbonyl (C=O) groups is 1. The highest BCUT2D eigenvalue weighted by atomic mass is 16.4. The first kappa shape index (κ1) is 13.9. The molecule has 1 heterocycles. The Morgan fingerprint density at radius 1 is 1.47 bits per heavy atom. The van der Waals surface area contributed by atoms with Crippen molar-refractivity contribution in [3.8, 4) is 0 Å². The van der Waals surface area contributed by atoms with Crippen LogP contribution in [0.3, 0.4) is 0 Å². The normalized spacial score (nSPS) is 21.7. The molecule has 0 amide bonds. The Morgan fingerprint density at radius 2 is 2.16 bits per heavy atom. The lowest BCUT2D eigenvalue weighted by molar-refractivity contribution is -0.142. The number of carboxylic acids is 1. The van der Waals surface area contributed by atoms with Crippen LogP contribution >= 0.6 is 0 Å². The zero-order chi connectivity index (χ0) is 14.2. The summed E-state index contributed by atoms with van der Waals surface area (Å²) in [7, 11) is 0. The third-order valence-corrected chi connectivity index (χ3v) is 4.46. The number of nitrogens with zero attached hydrogens (tertiary/aromatic N) is 1. The first-order chi connectivity index (χ1) is 8.89. The molecular formula is C16H23NO2. The summed E-state index contributed by atoms with van der Waals surface area (Å²) in [5.41, 5.74) is 3.44. The van der Waals surface area contributed by atoms with E-state index in [9.17, 15) is 9.90 Å². The van der Waals surface area contributed by atoms with Crippen LogP contribution in [-0.4, -0.2) is 23.2 Å². The van der Waals surface area contributed by atoms with Gasteiger partial charge in [0.15, 0.2) is 0 Å². The Balaban J connectivity index is 2.46. The summed E-state index contributed by atoms with van der Waals surface area (Å²) in [4.78, 5) is 13.7. The van der Waals surface area contributed by atoms with Gasteiger partial charge in [-0.2, -0.15) is 0 Å². The lowest BCUT2D eigenvalue weighted by Gasteiger charge is -2.38. The molecule has 0 radical (unpaired) electrons. The van der Waals surface area contributed by atoms with Crippen LogP contribution in [0.5, 0.6) is 0 Å². The van der Waals surface area contributed by atoms with Crippen molar-refractivity contribution >= 4 is 11.7 Å². The van der Waals surface area contributed by atoms with Crippen molar-refractivity contribution in [3.05, 3.63) is 29.3 Å². The second-order valence-corrected chi connectivity index (χ2v) is 5.92. The molecule has 1 aromatic rings. The number of aliphatic carboxylic acids is 1. The molecule has 3 nitrogen and oxygen atoms in total. The van der Waals surface area contributed by atoms with Crippen molar-refractivity contribution in [2.75, 3.05) is 11.4 Å². The van der Waals surface area contributed by atoms with Crippen molar-refractivity contribution in [1.82, 2.24) is 0 Å². The molecule has 1 saturated heterocycles. The Bertz CT molecular complexity index is 494. The van der Waals surface area contributed by atoms with Crippen molar-refractivity contribution in [3.63, 3.8) is 0 Å². The summed E-state index contributed by atoms with van der Waals surface area (Å²) in [6.45, 7) is 9.17. The van der Waals surface area contributed by atoms with Gasteiger partial charge in [-0.05, 0) is 44.7 Å². The summed E-state index contributed by atoms with van der Waals surface area (Å²) in [6, 6.07) is 6.33. The van der Waals surface area contributed by atoms with Crippen LogP contribution in [0.15, 0.2) is 18.2 Å². The van der Waals surface area contributed by atoms with Crippen LogP contribution in [0.2, 0.25) is 0 Å². The molecule has 0 aliphatic carbocycles. The quantitative estimate of drug-likeness (QED) is 0.908. The third kappa shape index (κ3) is 2.22. The molecule has 1 aliphatic heterocycles. The molecule has 3 heteroatoms. The lowest BCUT2D eigenvalue weighted by atomic mass is 9.87. The molecule has 0 bridgehead atoms. The number of anilines is 1. The largest absolute Gasteiger partial charge is 0.481 e. The minimum absolute atomic E-state index is 0.295. The van der Waals surface area contributed by atoms with E-state index in [2.05, 4.69) is 36.9 Å². The zero-order valence-corrected chi connectivity index (χ0v) is 12.2. The topological polar surface area (TPSA) is 40.5 Å². The van der Waals surface area contributed by atoms with Crippen molar-refractivity contribution in [1.29, 1.82) is 0 Å². The van der Waals surface area contributed by atoms with E-state index in [0.29, 0.717) is 0 Å². The summed E-state index contributed by atoms with van der Waals surface area (Å²) in [6.07, 6.45) is 1.70. The van der Waals surface area contributed by atoms with Gasteiger partial charge in [-0.3, -0.25) is 4.79 Å². The van der Waals surface area contributed by atoms with Gasteiger partial charge in [0.25, 0.3) is 0 Å². The Labute approximate surface area is 115 Å². The summed E-state index contributed by atoms with van der Waals surface area (Å²) >= 11 is 0. The van der Waals surface area contributed by atoms with Gasteiger partial charge in [-0.1, -0.05) is 25.1 Å². The molecular weight excluding hydrogens is 238 g/mol. The number of carboxylic acid groups (broad SMARTS) is 1. The number of aryl methyl sites for hydroxylation is 2. The second-order valence-electron chi connectivity index (χ2n) is 5.92. The first-order valence-corrected chi connectivity index (χ1v) is 6.98. The standard InChI is InChI=1S/C16H23NO2/c1-5-12-8-6-7-11(2)14(12)17-10-9-13(15(18)19)16(17,3)4/h6-8,13H,5,9-10H2,1-4H3,(H,18,19). The van der Waals surface area contributed by atoms with E-state index >= 15 is 0 Å². The highest BCUT2D eigenvalue weighted by Crippen LogP contribution is 2.41. The third-order valence-electron chi connectivity index (χ3n) is 4.46. The van der Waals surface area contributed by atoms with Gasteiger partial charge in [0.1, 0.15) is 0 Å². The molecule has 1 aromatic carbocycles. The average molecular weight is 261 g/mol. The van der Waals surface area contributed by atoms with E-state index in [-0.39, 0.29) is 11.5 Å². The molecule has 2 rings (SSSR count). The first-order valence-electron chi connectivity index (χ1n) is 6.98. The number of rotatable bonds is 3. The van der Waals surface area contributed by atoms with E-state index in [4.69, 9.17) is 0 Å². The lowest BCUT2D eigenvalue weighted by Crippen LogP contribution is -2.45. The SMILES string of the molecule is CCc1cccc(C)c1N1CCC(C(=O)O)C1(C)C. The Kier molecular flexibility index (Phi) is 3.57. The maximum absolute atomic E-state index is 11.4. The summed E-state index contributed by atoms with van der Waals surface area (Å²) < 4.78 is 0. The molecule has 0 aromatic heterocycles. The number of para-hydroxylation sites is 1. The van der Waals surface area contributed by atoms with Crippen molar-refractivity contribution in [2.45, 2.75) is 46.1 Å². The molecule has 104 valence electrons. The van der Waals surface area contributed by atoms with Gasteiger partial charge >= 0.3 is 5.97 Å². The van der Waals surface area contributed by atoms with E-state index in [0.717, 1.165) is 19.4 Å². The van der Waals surface area contributed by atoms with E-state index in [1.54, 1.807) is 0 Å². The molecule has 0 spiro atoms. The molecule has 19 heavy (non-hydrogen) atoms. The van der Waals surface area contributed by atoms with E-state index in [1.165, 1.54) is 16.8 Å². The smallest absolute Gasteiger partial charge is 0.308 e. The van der Waals surface area contributed by atoms with Crippen LogP contribution in [0.1, 0.15) is 38.3 Å². The van der Waals surface area contributed by atoms with E-state index in [1.807, 2.05) is 13.8 Å². The maximum Gasteiger partial charge on any atom is 0.308 e. The predicted molar refractivity (Wildman–Crippen MR) is 77.7 cm³/mol. The van der Waals surface area contributed by atoms with Gasteiger partial charge < -0.3 is 10.0 Å². The molecule has 1 fully saturated rings. The molecule has 1 aliphatic rings. The van der Waals surface area contributed by atoms with Crippen molar-refractivity contribution < 1.29 is 9.90 Å². The van der Waals surface area contributed by atoms with Crippen LogP contribution in [0.4, 0.5) is 5.69 Å². The highest BCUT2D eigenvalue weighted by Gasteiger charge is 2.46. The average Bonchev–Trinajstić information content (AvgIpc) is 2.64. The number of hydrogen-bond acceptors (Lipinski definition) is 2.